The van der Waals surface area contributed by atoms with Crippen molar-refractivity contribution in [2.45, 2.75) is 129 Å². The minimum absolute atomic E-state index is 0.0403. The second-order valence-corrected chi connectivity index (χ2v) is 18.6. The lowest BCUT2D eigenvalue weighted by Crippen LogP contribution is -2.60. The predicted octanol–water partition coefficient (Wildman–Crippen LogP) is 3.39. The van der Waals surface area contributed by atoms with Crippen LogP contribution in [0.4, 0.5) is 13.2 Å². The largest absolute Gasteiger partial charge is 0.490 e. The first kappa shape index (κ1) is 65.5. The Morgan fingerprint density at radius 1 is 0.819 bits per heavy atom. The molecule has 72 heavy (non-hydrogen) atoms. The molecule has 2 rings (SSSR count). The molecule has 1 fully saturated rings. The van der Waals surface area contributed by atoms with Gasteiger partial charge in [-0.25, -0.2) is 15.5 Å². The van der Waals surface area contributed by atoms with E-state index in [4.69, 9.17) is 39.5 Å². The number of nitrogens with one attached hydrogen (secondary N) is 2. The topological polar surface area (TPSA) is 258 Å². The van der Waals surface area contributed by atoms with Crippen LogP contribution >= 0.6 is 0 Å². The number of amides is 4. The van der Waals surface area contributed by atoms with Gasteiger partial charge in [-0.15, -0.1) is 0 Å². The first-order valence-corrected chi connectivity index (χ1v) is 24.4. The van der Waals surface area contributed by atoms with Crippen LogP contribution in [0.5, 0.6) is 0 Å². The second kappa shape index (κ2) is 34.1. The summed E-state index contributed by atoms with van der Waals surface area (Å²) in [7, 11) is 6.59. The van der Waals surface area contributed by atoms with Crippen molar-refractivity contribution >= 4 is 35.6 Å². The molecule has 0 unspecified atom stereocenters. The maximum absolute atomic E-state index is 14.5. The van der Waals surface area contributed by atoms with E-state index < -0.39 is 72.4 Å². The van der Waals surface area contributed by atoms with Gasteiger partial charge in [-0.2, -0.15) is 13.2 Å². The number of methoxy groups -OCH3 is 2. The molecule has 1 heterocycles. The van der Waals surface area contributed by atoms with E-state index in [0.29, 0.717) is 78.6 Å². The number of aliphatic carboxylic acids is 2. The zero-order valence-electron chi connectivity index (χ0n) is 44.0. The molecule has 1 aliphatic rings. The molecule has 1 aromatic rings. The molecular weight excluding hydrogens is 954 g/mol. The molecule has 6 N–H and O–H groups in total. The summed E-state index contributed by atoms with van der Waals surface area (Å²) in [6.45, 7) is 17.1. The Bertz CT molecular complexity index is 1770. The summed E-state index contributed by atoms with van der Waals surface area (Å²) >= 11 is 0. The van der Waals surface area contributed by atoms with Gasteiger partial charge in [-0.05, 0) is 43.2 Å². The molecule has 414 valence electrons. The molecule has 20 nitrogen and oxygen atoms in total. The van der Waals surface area contributed by atoms with Gasteiger partial charge in [0.05, 0.1) is 88.9 Å². The maximum atomic E-state index is 14.5. The molecule has 0 aromatic heterocycles. The molecule has 1 aromatic carbocycles. The van der Waals surface area contributed by atoms with Gasteiger partial charge in [-0.1, -0.05) is 85.2 Å². The molecular formula is C49H83F3N6O14. The third-order valence-electron chi connectivity index (χ3n) is 12.7. The third-order valence-corrected chi connectivity index (χ3v) is 12.7. The van der Waals surface area contributed by atoms with Gasteiger partial charge in [0.1, 0.15) is 12.1 Å². The van der Waals surface area contributed by atoms with E-state index in [1.54, 1.807) is 23.8 Å². The van der Waals surface area contributed by atoms with Crippen LogP contribution in [0.25, 0.3) is 0 Å². The van der Waals surface area contributed by atoms with Crippen molar-refractivity contribution in [3.8, 4) is 0 Å². The van der Waals surface area contributed by atoms with Crippen molar-refractivity contribution in [1.29, 1.82) is 0 Å². The Labute approximate surface area is 423 Å². The number of nitrogens with zero attached hydrogens (tertiary/aromatic N) is 3. The van der Waals surface area contributed by atoms with Crippen molar-refractivity contribution in [2.24, 2.45) is 29.6 Å². The first-order valence-electron chi connectivity index (χ1n) is 24.4. The van der Waals surface area contributed by atoms with Crippen LogP contribution in [0.15, 0.2) is 30.3 Å². The minimum atomic E-state index is -5.08. The number of likely N-dealkylation sites (N-methyl/N-ethyl adjacent to an activating group) is 2. The standard InChI is InChI=1S/C47H82N6O12.C2HF3O2/c1-12-33(6)42(52(9)46(57)40(31(2)3)50-45(56)41(32(4)5)51(8)21-22-62-23-24-63-25-26-64-27-28-65-48)38(60-10)30-39(54)53-20-16-19-37(53)43(61-11)34(7)44(55)49-36(47(58)59)29-35-17-14-13-15-18-35;3-2(4,5)1(6)7/h13-15,17-18,31-34,36-38,40-43H,12,16,19-30,48H2,1-11H3,(H,49,55)(H,50,56)(H,58,59);(H,6,7)/t33-,34+,36-,37-,38+,40-,41-,42-,43+;/m0./s1. The van der Waals surface area contributed by atoms with Gasteiger partial charge in [0, 0.05) is 40.8 Å². The number of rotatable bonds is 33. The number of ether oxygens (including phenoxy) is 5. The number of carboxylic acid groups (broad SMARTS) is 2. The smallest absolute Gasteiger partial charge is 0.480 e. The molecule has 0 spiro atoms. The van der Waals surface area contributed by atoms with Gasteiger partial charge >= 0.3 is 18.1 Å². The predicted molar refractivity (Wildman–Crippen MR) is 260 cm³/mol. The number of nitrogens with two attached hydrogens (primary N) is 1. The quantitative estimate of drug-likeness (QED) is 0.0500. The number of likely N-dealkylation sites (tertiary alicyclic amines) is 1. The van der Waals surface area contributed by atoms with Gasteiger partial charge in [0.2, 0.25) is 23.6 Å². The summed E-state index contributed by atoms with van der Waals surface area (Å²) in [5.74, 6) is -1.36. The van der Waals surface area contributed by atoms with Crippen LogP contribution in [0, 0.1) is 23.7 Å². The molecule has 23 heteroatoms. The zero-order valence-corrected chi connectivity index (χ0v) is 44.0. The monoisotopic (exact) mass is 1040 g/mol. The lowest BCUT2D eigenvalue weighted by molar-refractivity contribution is -0.192. The number of carbonyl (C=O) groups excluding carboxylic acids is 4. The summed E-state index contributed by atoms with van der Waals surface area (Å²) in [5.41, 5.74) is 0.776. The lowest BCUT2D eigenvalue weighted by atomic mass is 9.89. The number of alkyl halides is 3. The number of hydrogen-bond donors (Lipinski definition) is 5. The highest BCUT2D eigenvalue weighted by molar-refractivity contribution is 5.90. The molecule has 9 atom stereocenters. The van der Waals surface area contributed by atoms with Crippen molar-refractivity contribution in [3.63, 3.8) is 0 Å². The van der Waals surface area contributed by atoms with E-state index in [0.717, 1.165) is 5.56 Å². The zero-order chi connectivity index (χ0) is 54.7. The second-order valence-electron chi connectivity index (χ2n) is 18.6. The summed E-state index contributed by atoms with van der Waals surface area (Å²) < 4.78 is 60.3. The molecule has 0 saturated carbocycles. The fraction of sp³-hybridized carbons (Fsp3) is 0.755. The van der Waals surface area contributed by atoms with Gasteiger partial charge in [-0.3, -0.25) is 24.1 Å². The molecule has 0 aliphatic carbocycles. The van der Waals surface area contributed by atoms with Crippen molar-refractivity contribution < 1.29 is 80.7 Å². The van der Waals surface area contributed by atoms with Crippen LogP contribution in [0.2, 0.25) is 0 Å². The Kier molecular flexibility index (Phi) is 31.0. The van der Waals surface area contributed by atoms with E-state index in [2.05, 4.69) is 15.5 Å². The summed E-state index contributed by atoms with van der Waals surface area (Å²) in [6.07, 6.45) is -4.44. The molecule has 0 bridgehead atoms. The third kappa shape index (κ3) is 22.3. The fourth-order valence-corrected chi connectivity index (χ4v) is 8.64. The minimum Gasteiger partial charge on any atom is -0.480 e. The molecule has 1 saturated heterocycles. The number of halogens is 3. The van der Waals surface area contributed by atoms with Gasteiger partial charge in [0.15, 0.2) is 0 Å². The van der Waals surface area contributed by atoms with E-state index in [-0.39, 0.29) is 48.3 Å². The average molecular weight is 1040 g/mol. The number of carboxylic acids is 2. The Balaban J connectivity index is 0.00000343. The van der Waals surface area contributed by atoms with Gasteiger partial charge < -0.3 is 59.2 Å². The normalized spacial score (nSPS) is 17.2. The summed E-state index contributed by atoms with van der Waals surface area (Å²) in [5, 5.41) is 22.8. The van der Waals surface area contributed by atoms with Gasteiger partial charge in [0.25, 0.3) is 0 Å². The number of hydrogen-bond acceptors (Lipinski definition) is 14. The highest BCUT2D eigenvalue weighted by atomic mass is 19.4. The molecule has 0 radical (unpaired) electrons. The highest BCUT2D eigenvalue weighted by Gasteiger charge is 2.44. The maximum Gasteiger partial charge on any atom is 0.490 e. The molecule has 4 amide bonds. The Morgan fingerprint density at radius 3 is 1.85 bits per heavy atom. The number of carbonyl (C=O) groups is 6. The summed E-state index contributed by atoms with van der Waals surface area (Å²) in [6, 6.07) is 5.58. The SMILES string of the molecule is CC[C@H](C)[C@@H]([C@@H](CC(=O)N1CCC[C@H]1[C@H](OC)[C@@H](C)C(=O)N[C@@H](Cc1ccccc1)C(=O)O)OC)N(C)C(=O)[C@@H](NC(=O)[C@H](C(C)C)N(C)CCOCCOCCOCCON)C(C)C.O=C(O)C(F)(F)F. The fourth-order valence-electron chi connectivity index (χ4n) is 8.64. The van der Waals surface area contributed by atoms with Crippen LogP contribution in [0.3, 0.4) is 0 Å². The Morgan fingerprint density at radius 2 is 1.38 bits per heavy atom. The lowest BCUT2D eigenvalue weighted by Gasteiger charge is -2.41. The van der Waals surface area contributed by atoms with Crippen LogP contribution < -0.4 is 16.5 Å². The van der Waals surface area contributed by atoms with E-state index >= 15 is 0 Å². The van der Waals surface area contributed by atoms with Crippen LogP contribution in [-0.4, -0.2) is 197 Å². The van der Waals surface area contributed by atoms with Crippen molar-refractivity contribution in [1.82, 2.24) is 25.3 Å². The van der Waals surface area contributed by atoms with Crippen LogP contribution in [0.1, 0.15) is 79.7 Å². The van der Waals surface area contributed by atoms with Crippen molar-refractivity contribution in [3.05, 3.63) is 35.9 Å². The molecule has 1 aliphatic heterocycles. The van der Waals surface area contributed by atoms with Crippen molar-refractivity contribution in [2.75, 3.05) is 87.7 Å². The highest BCUT2D eigenvalue weighted by Crippen LogP contribution is 2.30. The van der Waals surface area contributed by atoms with E-state index in [9.17, 15) is 42.3 Å². The average Bonchev–Trinajstić information content (AvgIpc) is 3.81. The number of benzene rings is 1. The van der Waals surface area contributed by atoms with E-state index in [1.807, 2.05) is 83.8 Å². The summed E-state index contributed by atoms with van der Waals surface area (Å²) in [4.78, 5) is 87.3. The first-order chi connectivity index (χ1) is 33.9. The van der Waals surface area contributed by atoms with E-state index in [1.165, 1.54) is 14.2 Å². The Hall–Kier alpha value is -4.49. The van der Waals surface area contributed by atoms with Crippen LogP contribution in [-0.2, 0) is 63.7 Å².